The standard InChI is InChI=1S/C14H17ClN4O/c15-11-3-4-13-17-12(10-19(13)9-11)14(20)16-5-8-18-6-1-2-7-18/h3-4,9-10H,1-2,5-8H2,(H,16,20). The van der Waals surface area contributed by atoms with Crippen molar-refractivity contribution in [1.82, 2.24) is 19.6 Å². The van der Waals surface area contributed by atoms with E-state index in [9.17, 15) is 4.79 Å². The third kappa shape index (κ3) is 2.94. The second-order valence-electron chi connectivity index (χ2n) is 5.04. The molecule has 0 spiro atoms. The van der Waals surface area contributed by atoms with Gasteiger partial charge in [-0.3, -0.25) is 4.79 Å². The second-order valence-corrected chi connectivity index (χ2v) is 5.48. The lowest BCUT2D eigenvalue weighted by molar-refractivity contribution is 0.0945. The Balaban J connectivity index is 1.60. The molecule has 2 aromatic heterocycles. The fourth-order valence-electron chi connectivity index (χ4n) is 2.50. The number of nitrogens with zero attached hydrogens (tertiary/aromatic N) is 3. The van der Waals surface area contributed by atoms with E-state index >= 15 is 0 Å². The number of likely N-dealkylation sites (tertiary alicyclic amines) is 1. The molecule has 0 aliphatic carbocycles. The average molecular weight is 293 g/mol. The van der Waals surface area contributed by atoms with Crippen LogP contribution in [0.1, 0.15) is 23.3 Å². The van der Waals surface area contributed by atoms with Crippen LogP contribution >= 0.6 is 11.6 Å². The molecule has 1 saturated heterocycles. The first kappa shape index (κ1) is 13.4. The van der Waals surface area contributed by atoms with Crippen LogP contribution in [0, 0.1) is 0 Å². The molecule has 1 N–H and O–H groups in total. The van der Waals surface area contributed by atoms with Gasteiger partial charge in [-0.1, -0.05) is 11.6 Å². The third-order valence-electron chi connectivity index (χ3n) is 3.56. The van der Waals surface area contributed by atoms with Gasteiger partial charge in [0.1, 0.15) is 11.3 Å². The second kappa shape index (κ2) is 5.81. The monoisotopic (exact) mass is 292 g/mol. The fourth-order valence-corrected chi connectivity index (χ4v) is 2.67. The normalized spacial score (nSPS) is 15.8. The highest BCUT2D eigenvalue weighted by Gasteiger charge is 2.13. The largest absolute Gasteiger partial charge is 0.349 e. The van der Waals surface area contributed by atoms with Crippen molar-refractivity contribution in [1.29, 1.82) is 0 Å². The van der Waals surface area contributed by atoms with Crippen molar-refractivity contribution in [2.75, 3.05) is 26.2 Å². The van der Waals surface area contributed by atoms with Crippen molar-refractivity contribution >= 4 is 23.2 Å². The van der Waals surface area contributed by atoms with Gasteiger partial charge in [0.2, 0.25) is 0 Å². The number of amides is 1. The van der Waals surface area contributed by atoms with E-state index in [1.807, 2.05) is 0 Å². The zero-order valence-corrected chi connectivity index (χ0v) is 11.9. The van der Waals surface area contributed by atoms with Gasteiger partial charge in [0, 0.05) is 25.5 Å². The zero-order valence-electron chi connectivity index (χ0n) is 11.2. The number of aromatic nitrogens is 2. The zero-order chi connectivity index (χ0) is 13.9. The van der Waals surface area contributed by atoms with Crippen LogP contribution in [0.5, 0.6) is 0 Å². The van der Waals surface area contributed by atoms with E-state index in [1.165, 1.54) is 12.8 Å². The molecule has 2 aromatic rings. The van der Waals surface area contributed by atoms with Crippen LogP contribution in [0.15, 0.2) is 24.5 Å². The van der Waals surface area contributed by atoms with Crippen LogP contribution in [0.4, 0.5) is 0 Å². The molecule has 5 nitrogen and oxygen atoms in total. The smallest absolute Gasteiger partial charge is 0.271 e. The van der Waals surface area contributed by atoms with Crippen molar-refractivity contribution in [3.8, 4) is 0 Å². The van der Waals surface area contributed by atoms with Gasteiger partial charge in [-0.2, -0.15) is 0 Å². The van der Waals surface area contributed by atoms with Crippen LogP contribution < -0.4 is 5.32 Å². The first-order valence-corrected chi connectivity index (χ1v) is 7.25. The van der Waals surface area contributed by atoms with E-state index in [4.69, 9.17) is 11.6 Å². The predicted molar refractivity (Wildman–Crippen MR) is 78.2 cm³/mol. The molecule has 20 heavy (non-hydrogen) atoms. The third-order valence-corrected chi connectivity index (χ3v) is 3.78. The Labute approximate surface area is 122 Å². The predicted octanol–water partition coefficient (Wildman–Crippen LogP) is 1.81. The van der Waals surface area contributed by atoms with Crippen molar-refractivity contribution < 1.29 is 4.79 Å². The van der Waals surface area contributed by atoms with Crippen molar-refractivity contribution in [2.24, 2.45) is 0 Å². The van der Waals surface area contributed by atoms with Crippen LogP contribution in [-0.2, 0) is 0 Å². The summed E-state index contributed by atoms with van der Waals surface area (Å²) in [5.41, 5.74) is 1.15. The Hall–Kier alpha value is -1.59. The number of carbonyl (C=O) groups excluding carboxylic acids is 1. The first-order valence-electron chi connectivity index (χ1n) is 6.87. The number of rotatable bonds is 4. The summed E-state index contributed by atoms with van der Waals surface area (Å²) in [4.78, 5) is 18.7. The van der Waals surface area contributed by atoms with E-state index in [-0.39, 0.29) is 5.91 Å². The molecule has 1 fully saturated rings. The Bertz CT molecular complexity index is 619. The summed E-state index contributed by atoms with van der Waals surface area (Å²) in [7, 11) is 0. The lowest BCUT2D eigenvalue weighted by Crippen LogP contribution is -2.33. The van der Waals surface area contributed by atoms with Crippen molar-refractivity contribution in [2.45, 2.75) is 12.8 Å². The minimum atomic E-state index is -0.135. The molecular formula is C14H17ClN4O. The molecule has 0 radical (unpaired) electrons. The summed E-state index contributed by atoms with van der Waals surface area (Å²) in [5, 5.41) is 3.53. The maximum Gasteiger partial charge on any atom is 0.271 e. The minimum absolute atomic E-state index is 0.135. The van der Waals surface area contributed by atoms with Crippen molar-refractivity contribution in [3.63, 3.8) is 0 Å². The maximum atomic E-state index is 12.0. The summed E-state index contributed by atoms with van der Waals surface area (Å²) in [6.07, 6.45) is 5.97. The van der Waals surface area contributed by atoms with Gasteiger partial charge in [0.15, 0.2) is 0 Å². The summed E-state index contributed by atoms with van der Waals surface area (Å²) < 4.78 is 1.76. The van der Waals surface area contributed by atoms with Gasteiger partial charge >= 0.3 is 0 Å². The number of halogens is 1. The van der Waals surface area contributed by atoms with E-state index in [1.54, 1.807) is 28.9 Å². The van der Waals surface area contributed by atoms with Crippen LogP contribution in [0.25, 0.3) is 5.65 Å². The molecule has 6 heteroatoms. The molecular weight excluding hydrogens is 276 g/mol. The number of hydrogen-bond acceptors (Lipinski definition) is 3. The summed E-state index contributed by atoms with van der Waals surface area (Å²) in [5.74, 6) is -0.135. The minimum Gasteiger partial charge on any atom is -0.349 e. The number of hydrogen-bond donors (Lipinski definition) is 1. The van der Waals surface area contributed by atoms with Crippen LogP contribution in [0.2, 0.25) is 5.02 Å². The van der Waals surface area contributed by atoms with Crippen LogP contribution in [-0.4, -0.2) is 46.4 Å². The maximum absolute atomic E-state index is 12.0. The average Bonchev–Trinajstić information content (AvgIpc) is 3.06. The van der Waals surface area contributed by atoms with E-state index < -0.39 is 0 Å². The van der Waals surface area contributed by atoms with E-state index in [0.29, 0.717) is 17.3 Å². The molecule has 0 atom stereocenters. The van der Waals surface area contributed by atoms with Gasteiger partial charge < -0.3 is 14.6 Å². The highest BCUT2D eigenvalue weighted by molar-refractivity contribution is 6.30. The summed E-state index contributed by atoms with van der Waals surface area (Å²) >= 11 is 5.91. The topological polar surface area (TPSA) is 49.6 Å². The molecule has 1 aliphatic rings. The molecule has 0 saturated carbocycles. The molecule has 0 aromatic carbocycles. The lowest BCUT2D eigenvalue weighted by Gasteiger charge is -2.14. The number of nitrogens with one attached hydrogen (secondary N) is 1. The van der Waals surface area contributed by atoms with E-state index in [2.05, 4.69) is 15.2 Å². The number of fused-ring (bicyclic) bond motifs is 1. The summed E-state index contributed by atoms with van der Waals surface area (Å²) in [6, 6.07) is 3.56. The van der Waals surface area contributed by atoms with Gasteiger partial charge in [-0.25, -0.2) is 4.98 Å². The van der Waals surface area contributed by atoms with Crippen LogP contribution in [0.3, 0.4) is 0 Å². The van der Waals surface area contributed by atoms with Gasteiger partial charge in [0.05, 0.1) is 5.02 Å². The summed E-state index contributed by atoms with van der Waals surface area (Å²) in [6.45, 7) is 3.85. The first-order chi connectivity index (χ1) is 9.72. The molecule has 3 rings (SSSR count). The Morgan fingerprint density at radius 1 is 1.30 bits per heavy atom. The number of pyridine rings is 1. The molecule has 106 valence electrons. The molecule has 0 bridgehead atoms. The molecule has 3 heterocycles. The van der Waals surface area contributed by atoms with Gasteiger partial charge in [-0.15, -0.1) is 0 Å². The van der Waals surface area contributed by atoms with Gasteiger partial charge in [0.25, 0.3) is 5.91 Å². The lowest BCUT2D eigenvalue weighted by atomic mass is 10.4. The molecule has 1 amide bonds. The Morgan fingerprint density at radius 2 is 2.10 bits per heavy atom. The van der Waals surface area contributed by atoms with Crippen molar-refractivity contribution in [3.05, 3.63) is 35.2 Å². The molecule has 0 unspecified atom stereocenters. The number of carbonyl (C=O) groups is 1. The highest BCUT2D eigenvalue weighted by atomic mass is 35.5. The SMILES string of the molecule is O=C(NCCN1CCCC1)c1cn2cc(Cl)ccc2n1. The quantitative estimate of drug-likeness (QED) is 0.935. The Morgan fingerprint density at radius 3 is 2.90 bits per heavy atom. The highest BCUT2D eigenvalue weighted by Crippen LogP contribution is 2.11. The van der Waals surface area contributed by atoms with E-state index in [0.717, 1.165) is 25.3 Å². The van der Waals surface area contributed by atoms with Gasteiger partial charge in [-0.05, 0) is 38.1 Å². The Kier molecular flexibility index (Phi) is 3.89. The molecule has 1 aliphatic heterocycles. The fraction of sp³-hybridized carbons (Fsp3) is 0.429. The number of imidazole rings is 1.